The van der Waals surface area contributed by atoms with Gasteiger partial charge in [-0.2, -0.15) is 0 Å². The summed E-state index contributed by atoms with van der Waals surface area (Å²) in [5.74, 6) is -0.669. The number of Topliss-reactive ketones (excluding diaryl/α,β-unsaturated/α-hetero) is 1. The highest BCUT2D eigenvalue weighted by Crippen LogP contribution is 2.41. The van der Waals surface area contributed by atoms with Gasteiger partial charge in [0, 0.05) is 38.3 Å². The summed E-state index contributed by atoms with van der Waals surface area (Å²) in [4.78, 5) is 30.1. The van der Waals surface area contributed by atoms with Crippen molar-refractivity contribution in [3.8, 4) is 5.75 Å². The molecule has 1 fully saturated rings. The third-order valence-corrected chi connectivity index (χ3v) is 6.63. The fourth-order valence-corrected chi connectivity index (χ4v) is 4.85. The first-order valence-corrected chi connectivity index (χ1v) is 11.7. The molecule has 2 aliphatic rings. The summed E-state index contributed by atoms with van der Waals surface area (Å²) in [6.07, 6.45) is 0.794. The van der Waals surface area contributed by atoms with Crippen molar-refractivity contribution in [2.75, 3.05) is 19.0 Å². The van der Waals surface area contributed by atoms with Gasteiger partial charge in [0.1, 0.15) is 17.6 Å². The highest BCUT2D eigenvalue weighted by molar-refractivity contribution is 6.46. The topological polar surface area (TPSA) is 70.1 Å². The highest BCUT2D eigenvalue weighted by atomic mass is 16.5. The van der Waals surface area contributed by atoms with Gasteiger partial charge in [-0.3, -0.25) is 9.59 Å². The lowest BCUT2D eigenvalue weighted by atomic mass is 9.94. The normalized spacial score (nSPS) is 20.6. The van der Waals surface area contributed by atoms with E-state index in [0.717, 1.165) is 34.5 Å². The molecule has 0 unspecified atom stereocenters. The number of rotatable bonds is 5. The average molecular weight is 469 g/mol. The van der Waals surface area contributed by atoms with Crippen LogP contribution in [0.2, 0.25) is 0 Å². The molecule has 6 heteroatoms. The molecule has 1 saturated heterocycles. The van der Waals surface area contributed by atoms with E-state index in [1.807, 2.05) is 92.6 Å². The maximum atomic E-state index is 13.3. The Labute approximate surface area is 205 Å². The van der Waals surface area contributed by atoms with E-state index in [-0.39, 0.29) is 24.0 Å². The fraction of sp³-hybridized carbons (Fsp3) is 0.241. The molecule has 3 aromatic carbocycles. The van der Waals surface area contributed by atoms with Crippen molar-refractivity contribution in [2.24, 2.45) is 0 Å². The van der Waals surface area contributed by atoms with Crippen LogP contribution in [0.1, 0.15) is 35.2 Å². The molecular formula is C29H28N2O4. The minimum absolute atomic E-state index is 0.0639. The Bertz CT molecular complexity index is 1310. The molecule has 35 heavy (non-hydrogen) atoms. The number of ether oxygens (including phenoxy) is 1. The Morgan fingerprint density at radius 3 is 2.43 bits per heavy atom. The van der Waals surface area contributed by atoms with Gasteiger partial charge < -0.3 is 19.6 Å². The van der Waals surface area contributed by atoms with Crippen LogP contribution in [0.3, 0.4) is 0 Å². The van der Waals surface area contributed by atoms with Crippen molar-refractivity contribution in [3.05, 3.63) is 101 Å². The van der Waals surface area contributed by atoms with Crippen LogP contribution in [0.25, 0.3) is 5.76 Å². The van der Waals surface area contributed by atoms with Crippen molar-refractivity contribution in [2.45, 2.75) is 32.0 Å². The van der Waals surface area contributed by atoms with Gasteiger partial charge in [-0.15, -0.1) is 0 Å². The molecule has 178 valence electrons. The zero-order chi connectivity index (χ0) is 24.7. The number of fused-ring (bicyclic) bond motifs is 1. The van der Waals surface area contributed by atoms with Crippen LogP contribution in [0.5, 0.6) is 5.75 Å². The Morgan fingerprint density at radius 1 is 1.03 bits per heavy atom. The summed E-state index contributed by atoms with van der Waals surface area (Å²) in [7, 11) is 3.91. The average Bonchev–Trinajstić information content (AvgIpc) is 3.35. The molecule has 3 aromatic rings. The highest BCUT2D eigenvalue weighted by Gasteiger charge is 2.46. The van der Waals surface area contributed by atoms with Gasteiger partial charge in [0.05, 0.1) is 11.6 Å². The second-order valence-corrected chi connectivity index (χ2v) is 9.35. The molecule has 2 atom stereocenters. The van der Waals surface area contributed by atoms with E-state index in [4.69, 9.17) is 4.74 Å². The minimum atomic E-state index is -0.699. The first kappa shape index (κ1) is 22.7. The van der Waals surface area contributed by atoms with Crippen LogP contribution in [-0.4, -0.2) is 41.9 Å². The van der Waals surface area contributed by atoms with E-state index in [1.165, 1.54) is 0 Å². The fourth-order valence-electron chi connectivity index (χ4n) is 4.85. The number of anilines is 1. The summed E-state index contributed by atoms with van der Waals surface area (Å²) in [5, 5.41) is 11.4. The Morgan fingerprint density at radius 2 is 1.74 bits per heavy atom. The standard InChI is InChI=1S/C29H28N2O4/c1-18-15-22-16-21(11-14-24(22)35-18)27(32)25-26(20-9-12-23(13-10-20)30(2)3)31(29(34)28(25)33)17-19-7-5-4-6-8-19/h4-14,16,18,26,32H,15,17H2,1-3H3/t18-,26+/m1/s1. The van der Waals surface area contributed by atoms with E-state index in [0.29, 0.717) is 5.56 Å². The summed E-state index contributed by atoms with van der Waals surface area (Å²) in [6, 6.07) is 22.0. The first-order chi connectivity index (χ1) is 16.8. The van der Waals surface area contributed by atoms with Crippen LogP contribution in [0.15, 0.2) is 78.4 Å². The largest absolute Gasteiger partial charge is 0.507 e. The predicted molar refractivity (Wildman–Crippen MR) is 135 cm³/mol. The first-order valence-electron chi connectivity index (χ1n) is 11.7. The van der Waals surface area contributed by atoms with E-state index in [2.05, 4.69) is 0 Å². The molecule has 0 aromatic heterocycles. The smallest absolute Gasteiger partial charge is 0.295 e. The van der Waals surface area contributed by atoms with Crippen LogP contribution in [0, 0.1) is 0 Å². The maximum absolute atomic E-state index is 13.3. The molecular weight excluding hydrogens is 440 g/mol. The summed E-state index contributed by atoms with van der Waals surface area (Å²) in [5.41, 5.74) is 4.27. The third-order valence-electron chi connectivity index (χ3n) is 6.63. The number of aliphatic hydroxyl groups is 1. The van der Waals surface area contributed by atoms with Crippen molar-refractivity contribution in [1.82, 2.24) is 4.90 Å². The lowest BCUT2D eigenvalue weighted by Crippen LogP contribution is -2.29. The van der Waals surface area contributed by atoms with E-state index >= 15 is 0 Å². The quantitative estimate of drug-likeness (QED) is 0.334. The summed E-state index contributed by atoms with van der Waals surface area (Å²) >= 11 is 0. The summed E-state index contributed by atoms with van der Waals surface area (Å²) < 4.78 is 5.78. The number of hydrogen-bond acceptors (Lipinski definition) is 5. The minimum Gasteiger partial charge on any atom is -0.507 e. The monoisotopic (exact) mass is 468 g/mol. The van der Waals surface area contributed by atoms with Crippen LogP contribution >= 0.6 is 0 Å². The van der Waals surface area contributed by atoms with Gasteiger partial charge >= 0.3 is 0 Å². The molecule has 2 heterocycles. The number of hydrogen-bond donors (Lipinski definition) is 1. The van der Waals surface area contributed by atoms with E-state index in [9.17, 15) is 14.7 Å². The zero-order valence-electron chi connectivity index (χ0n) is 20.1. The van der Waals surface area contributed by atoms with Gasteiger partial charge in [0.25, 0.3) is 11.7 Å². The number of benzene rings is 3. The number of aliphatic hydroxyl groups excluding tert-OH is 1. The van der Waals surface area contributed by atoms with E-state index < -0.39 is 17.7 Å². The van der Waals surface area contributed by atoms with Crippen LogP contribution in [-0.2, 0) is 22.6 Å². The molecule has 6 nitrogen and oxygen atoms in total. The predicted octanol–water partition coefficient (Wildman–Crippen LogP) is 4.70. The van der Waals surface area contributed by atoms with Crippen LogP contribution < -0.4 is 9.64 Å². The lowest BCUT2D eigenvalue weighted by Gasteiger charge is -2.26. The Kier molecular flexibility index (Phi) is 5.81. The Balaban J connectivity index is 1.62. The number of carbonyl (C=O) groups is 2. The van der Waals surface area contributed by atoms with Crippen molar-refractivity contribution >= 4 is 23.1 Å². The second-order valence-electron chi connectivity index (χ2n) is 9.35. The number of amides is 1. The molecule has 1 N–H and O–H groups in total. The number of carbonyl (C=O) groups excluding carboxylic acids is 2. The molecule has 0 bridgehead atoms. The Hall–Kier alpha value is -4.06. The number of nitrogens with zero attached hydrogens (tertiary/aromatic N) is 2. The lowest BCUT2D eigenvalue weighted by molar-refractivity contribution is -0.140. The molecule has 1 amide bonds. The molecule has 0 spiro atoms. The van der Waals surface area contributed by atoms with Gasteiger partial charge in [0.2, 0.25) is 0 Å². The SMILES string of the molecule is C[C@@H]1Cc2cc(C(O)=C3C(=O)C(=O)N(Cc4ccccc4)[C@H]3c3ccc(N(C)C)cc3)ccc2O1. The van der Waals surface area contributed by atoms with Gasteiger partial charge in [-0.25, -0.2) is 0 Å². The van der Waals surface area contributed by atoms with Gasteiger partial charge in [0.15, 0.2) is 0 Å². The van der Waals surface area contributed by atoms with Crippen molar-refractivity contribution < 1.29 is 19.4 Å². The molecule has 0 radical (unpaired) electrons. The van der Waals surface area contributed by atoms with Crippen molar-refractivity contribution in [3.63, 3.8) is 0 Å². The molecule has 0 aliphatic carbocycles. The molecule has 0 saturated carbocycles. The molecule has 2 aliphatic heterocycles. The van der Waals surface area contributed by atoms with Gasteiger partial charge in [-0.1, -0.05) is 42.5 Å². The zero-order valence-corrected chi connectivity index (χ0v) is 20.1. The van der Waals surface area contributed by atoms with Crippen molar-refractivity contribution in [1.29, 1.82) is 0 Å². The number of likely N-dealkylation sites (tertiary alicyclic amines) is 1. The third kappa shape index (κ3) is 4.16. The molecule has 5 rings (SSSR count). The van der Waals surface area contributed by atoms with Crippen LogP contribution in [0.4, 0.5) is 5.69 Å². The van der Waals surface area contributed by atoms with E-state index in [1.54, 1.807) is 11.0 Å². The second kappa shape index (κ2) is 8.95. The van der Waals surface area contributed by atoms with Gasteiger partial charge in [-0.05, 0) is 53.9 Å². The maximum Gasteiger partial charge on any atom is 0.295 e. The summed E-state index contributed by atoms with van der Waals surface area (Å²) in [6.45, 7) is 2.25. The number of ketones is 1.